The molecule has 0 spiro atoms. The Kier molecular flexibility index (Phi) is 4.67. The topological polar surface area (TPSA) is 42.4 Å². The molecule has 1 heterocycles. The van der Waals surface area contributed by atoms with Crippen molar-refractivity contribution in [2.24, 2.45) is 0 Å². The number of ether oxygens (including phenoxy) is 1. The van der Waals surface area contributed by atoms with E-state index in [0.29, 0.717) is 0 Å². The van der Waals surface area contributed by atoms with Crippen molar-refractivity contribution < 1.29 is 36.2 Å². The van der Waals surface area contributed by atoms with Crippen molar-refractivity contribution in [3.8, 4) is 5.75 Å². The predicted octanol–water partition coefficient (Wildman–Crippen LogP) is 3.39. The molecule has 0 atom stereocenters. The lowest BCUT2D eigenvalue weighted by Crippen LogP contribution is -2.22. The zero-order valence-electron chi connectivity index (χ0n) is 8.94. The fourth-order valence-electron chi connectivity index (χ4n) is 1.25. The van der Waals surface area contributed by atoms with Gasteiger partial charge in [-0.05, 0) is 6.07 Å². The molecule has 10 heteroatoms. The van der Waals surface area contributed by atoms with Crippen molar-refractivity contribution in [3.63, 3.8) is 0 Å². The third kappa shape index (κ3) is 4.23. The molecule has 0 bridgehead atoms. The van der Waals surface area contributed by atoms with E-state index in [1.54, 1.807) is 0 Å². The van der Waals surface area contributed by atoms with Gasteiger partial charge in [0.1, 0.15) is 0 Å². The smallest absolute Gasteiger partial charge is 0.403 e. The van der Waals surface area contributed by atoms with Crippen LogP contribution in [0.3, 0.4) is 0 Å². The maximum absolute atomic E-state index is 12.6. The summed E-state index contributed by atoms with van der Waals surface area (Å²) in [5, 5.41) is 8.44. The highest BCUT2D eigenvalue weighted by atomic mass is 79.9. The van der Waals surface area contributed by atoms with Crippen LogP contribution in [-0.4, -0.2) is 16.5 Å². The minimum absolute atomic E-state index is 0.322. The van der Waals surface area contributed by atoms with Gasteiger partial charge in [-0.25, -0.2) is 4.98 Å². The Labute approximate surface area is 111 Å². The van der Waals surface area contributed by atoms with Crippen LogP contribution in [-0.2, 0) is 18.1 Å². The summed E-state index contributed by atoms with van der Waals surface area (Å²) >= 11 is 2.76. The zero-order chi connectivity index (χ0) is 14.8. The minimum atomic E-state index is -5.28. The fourth-order valence-corrected chi connectivity index (χ4v) is 1.66. The summed E-state index contributed by atoms with van der Waals surface area (Å²) in [6, 6.07) is 0.894. The Morgan fingerprint density at radius 3 is 2.16 bits per heavy atom. The second-order valence-electron chi connectivity index (χ2n) is 3.29. The van der Waals surface area contributed by atoms with E-state index in [9.17, 15) is 26.3 Å². The highest BCUT2D eigenvalue weighted by Gasteiger charge is 2.42. The molecular weight excluding hydrogens is 348 g/mol. The molecule has 0 saturated heterocycles. The average molecular weight is 354 g/mol. The van der Waals surface area contributed by atoms with Gasteiger partial charge in [0.2, 0.25) is 0 Å². The molecule has 0 aliphatic heterocycles. The van der Waals surface area contributed by atoms with E-state index in [4.69, 9.17) is 5.11 Å². The van der Waals surface area contributed by atoms with E-state index >= 15 is 0 Å². The third-order valence-corrected chi connectivity index (χ3v) is 2.50. The number of pyridine rings is 1. The maximum Gasteiger partial charge on any atom is 0.573 e. The largest absolute Gasteiger partial charge is 0.573 e. The van der Waals surface area contributed by atoms with Crippen LogP contribution in [0.2, 0.25) is 0 Å². The summed E-state index contributed by atoms with van der Waals surface area (Å²) in [6.07, 6.45) is -10.4. The Morgan fingerprint density at radius 1 is 1.21 bits per heavy atom. The summed E-state index contributed by atoms with van der Waals surface area (Å²) in [5.74, 6) is -1.42. The van der Waals surface area contributed by atoms with Gasteiger partial charge in [-0.3, -0.25) is 0 Å². The van der Waals surface area contributed by atoms with E-state index in [1.807, 2.05) is 0 Å². The Bertz CT molecular complexity index is 459. The summed E-state index contributed by atoms with van der Waals surface area (Å²) in [7, 11) is 0. The molecule has 0 radical (unpaired) electrons. The van der Waals surface area contributed by atoms with Crippen LogP contribution in [0, 0.1) is 0 Å². The van der Waals surface area contributed by atoms with E-state index < -0.39 is 41.8 Å². The zero-order valence-corrected chi connectivity index (χ0v) is 10.5. The van der Waals surface area contributed by atoms with Crippen molar-refractivity contribution in [3.05, 3.63) is 23.0 Å². The number of aliphatic hydroxyl groups excluding tert-OH is 1. The minimum Gasteiger partial charge on any atom is -0.403 e. The van der Waals surface area contributed by atoms with Crippen molar-refractivity contribution >= 4 is 15.9 Å². The normalized spacial score (nSPS) is 12.6. The van der Waals surface area contributed by atoms with E-state index in [0.717, 1.165) is 6.07 Å². The SMILES string of the molecule is OCc1cc(CBr)c(OC(F)(F)F)c(C(F)(F)F)n1. The second kappa shape index (κ2) is 5.53. The van der Waals surface area contributed by atoms with Crippen LogP contribution in [0.4, 0.5) is 26.3 Å². The molecule has 3 nitrogen and oxygen atoms in total. The first-order valence-electron chi connectivity index (χ1n) is 4.61. The molecule has 0 amide bonds. The number of aromatic nitrogens is 1. The monoisotopic (exact) mass is 353 g/mol. The van der Waals surface area contributed by atoms with Crippen molar-refractivity contribution in [1.82, 2.24) is 4.98 Å². The molecule has 0 unspecified atom stereocenters. The van der Waals surface area contributed by atoms with Gasteiger partial charge in [-0.15, -0.1) is 13.2 Å². The van der Waals surface area contributed by atoms with Gasteiger partial charge >= 0.3 is 12.5 Å². The van der Waals surface area contributed by atoms with Crippen LogP contribution >= 0.6 is 15.9 Å². The number of alkyl halides is 7. The molecule has 1 aromatic rings. The molecule has 19 heavy (non-hydrogen) atoms. The fraction of sp³-hybridized carbons (Fsp3) is 0.444. The molecule has 0 aliphatic rings. The lowest BCUT2D eigenvalue weighted by Gasteiger charge is -2.18. The standard InChI is InChI=1S/C9H6BrF6NO2/c10-2-4-1-5(3-18)17-7(8(11,12)13)6(4)19-9(14,15)16/h1,18H,2-3H2. The second-order valence-corrected chi connectivity index (χ2v) is 3.85. The van der Waals surface area contributed by atoms with Crippen molar-refractivity contribution in [2.45, 2.75) is 24.5 Å². The molecule has 1 rings (SSSR count). The highest BCUT2D eigenvalue weighted by molar-refractivity contribution is 9.08. The molecule has 0 aliphatic carbocycles. The van der Waals surface area contributed by atoms with Gasteiger partial charge in [0, 0.05) is 10.9 Å². The van der Waals surface area contributed by atoms with Crippen molar-refractivity contribution in [2.75, 3.05) is 0 Å². The first kappa shape index (κ1) is 16.0. The summed E-state index contributed by atoms with van der Waals surface area (Å²) in [5.41, 5.74) is -2.65. The Balaban J connectivity index is 3.47. The van der Waals surface area contributed by atoms with Gasteiger partial charge in [-0.2, -0.15) is 13.2 Å². The van der Waals surface area contributed by atoms with Gasteiger partial charge in [0.15, 0.2) is 11.4 Å². The van der Waals surface area contributed by atoms with E-state index in [2.05, 4.69) is 25.7 Å². The van der Waals surface area contributed by atoms with Gasteiger partial charge < -0.3 is 9.84 Å². The summed E-state index contributed by atoms with van der Waals surface area (Å²) in [4.78, 5) is 2.93. The molecular formula is C9H6BrF6NO2. The highest BCUT2D eigenvalue weighted by Crippen LogP contribution is 2.40. The van der Waals surface area contributed by atoms with E-state index in [-0.39, 0.29) is 5.33 Å². The molecule has 0 aromatic carbocycles. The quantitative estimate of drug-likeness (QED) is 0.669. The third-order valence-electron chi connectivity index (χ3n) is 1.90. The predicted molar refractivity (Wildman–Crippen MR) is 54.5 cm³/mol. The summed E-state index contributed by atoms with van der Waals surface area (Å²) in [6.45, 7) is -0.838. The van der Waals surface area contributed by atoms with Gasteiger partial charge in [0.05, 0.1) is 12.3 Å². The first-order chi connectivity index (χ1) is 8.58. The molecule has 1 N–H and O–H groups in total. The maximum atomic E-state index is 12.6. The van der Waals surface area contributed by atoms with Crippen LogP contribution in [0.15, 0.2) is 6.07 Å². The molecule has 0 saturated carbocycles. The molecule has 1 aromatic heterocycles. The van der Waals surface area contributed by atoms with Gasteiger partial charge in [-0.1, -0.05) is 15.9 Å². The molecule has 108 valence electrons. The number of nitrogens with zero attached hydrogens (tertiary/aromatic N) is 1. The van der Waals surface area contributed by atoms with Crippen LogP contribution < -0.4 is 4.74 Å². The average Bonchev–Trinajstić information content (AvgIpc) is 2.25. The number of rotatable bonds is 3. The van der Waals surface area contributed by atoms with Crippen LogP contribution in [0.1, 0.15) is 17.0 Å². The Morgan fingerprint density at radius 2 is 1.79 bits per heavy atom. The van der Waals surface area contributed by atoms with Crippen LogP contribution in [0.5, 0.6) is 5.75 Å². The Hall–Kier alpha value is -1.03. The number of halogens is 7. The van der Waals surface area contributed by atoms with E-state index in [1.165, 1.54) is 0 Å². The first-order valence-corrected chi connectivity index (χ1v) is 5.73. The number of hydrogen-bond donors (Lipinski definition) is 1. The number of aliphatic hydroxyl groups is 1. The number of hydrogen-bond acceptors (Lipinski definition) is 3. The van der Waals surface area contributed by atoms with Gasteiger partial charge in [0.25, 0.3) is 0 Å². The summed E-state index contributed by atoms with van der Waals surface area (Å²) < 4.78 is 77.7. The molecule has 0 fully saturated rings. The van der Waals surface area contributed by atoms with Crippen LogP contribution in [0.25, 0.3) is 0 Å². The lowest BCUT2D eigenvalue weighted by molar-refractivity contribution is -0.276. The lowest BCUT2D eigenvalue weighted by atomic mass is 10.1. The van der Waals surface area contributed by atoms with Crippen molar-refractivity contribution in [1.29, 1.82) is 0 Å².